The van der Waals surface area contributed by atoms with E-state index in [0.717, 1.165) is 64.2 Å². The van der Waals surface area contributed by atoms with E-state index in [1.165, 1.54) is 225 Å². The molecule has 0 amide bonds. The van der Waals surface area contributed by atoms with Gasteiger partial charge in [-0.1, -0.05) is 295 Å². The summed E-state index contributed by atoms with van der Waals surface area (Å²) in [7, 11) is 5.97. The van der Waals surface area contributed by atoms with E-state index in [4.69, 9.17) is 18.9 Å². The second-order valence-corrected chi connectivity index (χ2v) is 23.4. The number of aliphatic carboxylic acids is 1. The summed E-state index contributed by atoms with van der Waals surface area (Å²) in [6.45, 7) is 4.84. The zero-order valence-electron chi connectivity index (χ0n) is 50.5. The Morgan fingerprint density at radius 1 is 0.400 bits per heavy atom. The van der Waals surface area contributed by atoms with Crippen molar-refractivity contribution < 1.29 is 42.9 Å². The number of rotatable bonds is 61. The SMILES string of the molecule is CCC/C=C\C/C=C\CCCCCCCC(=O)OC(COC(=O)CCCCCCCCCCCCCCCCCCCCCCCCCCCCCCCCCCCCCCC)COC(OCC[N+](C)(C)C)C(=O)O. The van der Waals surface area contributed by atoms with Crippen molar-refractivity contribution in [3.8, 4) is 0 Å². The Morgan fingerprint density at radius 2 is 0.747 bits per heavy atom. The quantitative estimate of drug-likeness (QED) is 0.0211. The third-order valence-electron chi connectivity index (χ3n) is 14.7. The van der Waals surface area contributed by atoms with E-state index in [2.05, 4.69) is 38.2 Å². The maximum Gasteiger partial charge on any atom is 0.361 e. The lowest BCUT2D eigenvalue weighted by atomic mass is 10.0. The van der Waals surface area contributed by atoms with E-state index in [0.29, 0.717) is 23.9 Å². The first-order chi connectivity index (χ1) is 36.6. The van der Waals surface area contributed by atoms with Crippen molar-refractivity contribution in [2.45, 2.75) is 334 Å². The number of unbranched alkanes of at least 4 members (excludes halogenated alkanes) is 42. The molecule has 0 aliphatic carbocycles. The molecule has 0 saturated heterocycles. The minimum atomic E-state index is -1.51. The molecule has 75 heavy (non-hydrogen) atoms. The minimum absolute atomic E-state index is 0.183. The number of nitrogens with zero attached hydrogens (tertiary/aromatic N) is 1. The van der Waals surface area contributed by atoms with E-state index in [1.54, 1.807) is 0 Å². The fraction of sp³-hybridized carbons (Fsp3) is 0.894. The van der Waals surface area contributed by atoms with Crippen LogP contribution in [0.4, 0.5) is 0 Å². The first kappa shape index (κ1) is 72.8. The number of allylic oxidation sites excluding steroid dienone is 4. The Balaban J connectivity index is 3.90. The molecule has 9 heteroatoms. The summed E-state index contributed by atoms with van der Waals surface area (Å²) >= 11 is 0. The van der Waals surface area contributed by atoms with Gasteiger partial charge in [0.25, 0.3) is 6.29 Å². The van der Waals surface area contributed by atoms with E-state index in [1.807, 2.05) is 21.1 Å². The molecule has 0 aromatic heterocycles. The van der Waals surface area contributed by atoms with Crippen LogP contribution in [0.2, 0.25) is 0 Å². The maximum atomic E-state index is 12.8. The number of likely N-dealkylation sites (N-methyl/N-ethyl adjacent to an activating group) is 1. The standard InChI is InChI=1S/C66H125NO8/c1-6-8-10-12-14-16-18-20-21-22-23-24-25-26-27-28-29-30-31-32-33-34-35-36-37-38-39-40-41-42-43-45-46-48-50-52-54-56-63(68)73-60-62(61-74-66(65(70)71)72-59-58-67(3,4)5)75-64(69)57-55-53-51-49-47-44-19-17-15-13-11-9-7-2/h11,13,17,19,62,66H,6-10,12,14-16,18,20-61H2,1-5H3/p+1/b13-11-,19-17-. The van der Waals surface area contributed by atoms with Crippen LogP contribution in [0.1, 0.15) is 322 Å². The van der Waals surface area contributed by atoms with E-state index in [9.17, 15) is 19.5 Å². The van der Waals surface area contributed by atoms with Crippen molar-refractivity contribution in [2.24, 2.45) is 0 Å². The molecule has 0 aliphatic rings. The highest BCUT2D eigenvalue weighted by Crippen LogP contribution is 2.19. The topological polar surface area (TPSA) is 108 Å². The van der Waals surface area contributed by atoms with Crippen LogP contribution < -0.4 is 0 Å². The molecule has 0 aromatic rings. The van der Waals surface area contributed by atoms with E-state index < -0.39 is 24.3 Å². The first-order valence-electron chi connectivity index (χ1n) is 32.5. The molecule has 2 unspecified atom stereocenters. The number of quaternary nitrogens is 1. The summed E-state index contributed by atoms with van der Waals surface area (Å²) in [6.07, 6.45) is 67.5. The molecular formula is C66H126NO8+. The summed E-state index contributed by atoms with van der Waals surface area (Å²) in [4.78, 5) is 37.4. The van der Waals surface area contributed by atoms with Gasteiger partial charge in [-0.3, -0.25) is 9.59 Å². The number of hydrogen-bond acceptors (Lipinski definition) is 7. The van der Waals surface area contributed by atoms with Crippen LogP contribution in [0.5, 0.6) is 0 Å². The van der Waals surface area contributed by atoms with Crippen molar-refractivity contribution in [1.29, 1.82) is 0 Å². The second-order valence-electron chi connectivity index (χ2n) is 23.4. The Hall–Kier alpha value is -2.23. The van der Waals surface area contributed by atoms with Gasteiger partial charge < -0.3 is 28.5 Å². The van der Waals surface area contributed by atoms with Crippen molar-refractivity contribution in [3.05, 3.63) is 24.3 Å². The van der Waals surface area contributed by atoms with Gasteiger partial charge in [-0.05, 0) is 38.5 Å². The number of ether oxygens (including phenoxy) is 4. The van der Waals surface area contributed by atoms with Gasteiger partial charge in [0.2, 0.25) is 0 Å². The van der Waals surface area contributed by atoms with Crippen LogP contribution >= 0.6 is 0 Å². The highest BCUT2D eigenvalue weighted by Gasteiger charge is 2.25. The lowest BCUT2D eigenvalue weighted by Gasteiger charge is -2.25. The fourth-order valence-electron chi connectivity index (χ4n) is 9.70. The highest BCUT2D eigenvalue weighted by atomic mass is 16.7. The average molecular weight is 1060 g/mol. The van der Waals surface area contributed by atoms with Crippen molar-refractivity contribution in [1.82, 2.24) is 0 Å². The Labute approximate surface area is 465 Å². The molecule has 2 atom stereocenters. The molecule has 0 rings (SSSR count). The third-order valence-corrected chi connectivity index (χ3v) is 14.7. The number of carboxylic acid groups (broad SMARTS) is 1. The van der Waals surface area contributed by atoms with Crippen LogP contribution in [0.3, 0.4) is 0 Å². The maximum absolute atomic E-state index is 12.8. The van der Waals surface area contributed by atoms with Crippen molar-refractivity contribution in [2.75, 3.05) is 47.5 Å². The molecule has 0 radical (unpaired) electrons. The third kappa shape index (κ3) is 59.3. The smallest absolute Gasteiger partial charge is 0.361 e. The molecule has 0 spiro atoms. The normalized spacial score (nSPS) is 12.8. The van der Waals surface area contributed by atoms with Gasteiger partial charge in [0.15, 0.2) is 6.10 Å². The Kier molecular flexibility index (Phi) is 56.2. The zero-order chi connectivity index (χ0) is 54.8. The summed E-state index contributed by atoms with van der Waals surface area (Å²) in [5.41, 5.74) is 0. The van der Waals surface area contributed by atoms with Crippen LogP contribution in [-0.4, -0.2) is 87.4 Å². The number of carboxylic acids is 1. The molecule has 9 nitrogen and oxygen atoms in total. The average Bonchev–Trinajstić information content (AvgIpc) is 3.38. The Bertz CT molecular complexity index is 1280. The summed E-state index contributed by atoms with van der Waals surface area (Å²) < 4.78 is 22.9. The van der Waals surface area contributed by atoms with Crippen LogP contribution in [0, 0.1) is 0 Å². The zero-order valence-corrected chi connectivity index (χ0v) is 50.5. The number of carbonyl (C=O) groups excluding carboxylic acids is 2. The summed E-state index contributed by atoms with van der Waals surface area (Å²) in [5, 5.41) is 9.69. The van der Waals surface area contributed by atoms with E-state index in [-0.39, 0.29) is 32.2 Å². The molecule has 0 aromatic carbocycles. The summed E-state index contributed by atoms with van der Waals surface area (Å²) in [6, 6.07) is 0. The number of carbonyl (C=O) groups is 3. The van der Waals surface area contributed by atoms with Gasteiger partial charge in [-0.2, -0.15) is 0 Å². The monoisotopic (exact) mass is 1060 g/mol. The fourth-order valence-corrected chi connectivity index (χ4v) is 9.70. The van der Waals surface area contributed by atoms with Gasteiger partial charge >= 0.3 is 17.9 Å². The lowest BCUT2D eigenvalue weighted by molar-refractivity contribution is -0.870. The molecule has 0 fully saturated rings. The van der Waals surface area contributed by atoms with Gasteiger partial charge in [-0.15, -0.1) is 0 Å². The predicted octanol–water partition coefficient (Wildman–Crippen LogP) is 19.5. The predicted molar refractivity (Wildman–Crippen MR) is 318 cm³/mol. The van der Waals surface area contributed by atoms with Crippen LogP contribution in [0.25, 0.3) is 0 Å². The van der Waals surface area contributed by atoms with Crippen LogP contribution in [-0.2, 0) is 33.3 Å². The highest BCUT2D eigenvalue weighted by molar-refractivity contribution is 5.71. The second kappa shape index (κ2) is 57.9. The minimum Gasteiger partial charge on any atom is -0.477 e. The lowest BCUT2D eigenvalue weighted by Crippen LogP contribution is -2.40. The molecule has 0 saturated carbocycles. The first-order valence-corrected chi connectivity index (χ1v) is 32.5. The van der Waals surface area contributed by atoms with Crippen LogP contribution in [0.15, 0.2) is 24.3 Å². The van der Waals surface area contributed by atoms with Crippen molar-refractivity contribution >= 4 is 17.9 Å². The molecule has 0 aliphatic heterocycles. The molecular weight excluding hydrogens is 935 g/mol. The molecule has 0 bridgehead atoms. The molecule has 0 heterocycles. The molecule has 442 valence electrons. The number of esters is 2. The molecule has 1 N–H and O–H groups in total. The summed E-state index contributed by atoms with van der Waals surface area (Å²) in [5.74, 6) is -2.01. The van der Waals surface area contributed by atoms with Gasteiger partial charge in [0.05, 0.1) is 34.4 Å². The Morgan fingerprint density at radius 3 is 1.11 bits per heavy atom. The van der Waals surface area contributed by atoms with Gasteiger partial charge in [-0.25, -0.2) is 4.79 Å². The largest absolute Gasteiger partial charge is 0.477 e. The van der Waals surface area contributed by atoms with Gasteiger partial charge in [0, 0.05) is 12.8 Å². The van der Waals surface area contributed by atoms with E-state index >= 15 is 0 Å². The number of hydrogen-bond donors (Lipinski definition) is 1. The van der Waals surface area contributed by atoms with Gasteiger partial charge in [0.1, 0.15) is 13.2 Å². The van der Waals surface area contributed by atoms with Crippen molar-refractivity contribution in [3.63, 3.8) is 0 Å².